The zero-order valence-electron chi connectivity index (χ0n) is 10.9. The molecule has 1 heterocycles. The number of primary sulfonamides is 1. The number of carbonyl (C=O) groups excluding carboxylic acids is 1. The van der Waals surface area contributed by atoms with Crippen molar-refractivity contribution in [3.8, 4) is 0 Å². The highest BCUT2D eigenvalue weighted by molar-refractivity contribution is 7.89. The van der Waals surface area contributed by atoms with Gasteiger partial charge in [-0.25, -0.2) is 13.6 Å². The first-order chi connectivity index (χ1) is 8.79. The lowest BCUT2D eigenvalue weighted by Gasteiger charge is -2.15. The molecular weight excluding hydrogens is 264 g/mol. The van der Waals surface area contributed by atoms with Crippen molar-refractivity contribution in [3.05, 3.63) is 35.4 Å². The lowest BCUT2D eigenvalue weighted by atomic mass is 10.2. The van der Waals surface area contributed by atoms with Gasteiger partial charge in [-0.3, -0.25) is 4.79 Å². The van der Waals surface area contributed by atoms with E-state index in [9.17, 15) is 13.2 Å². The summed E-state index contributed by atoms with van der Waals surface area (Å²) in [5, 5.41) is 5.09. The molecule has 19 heavy (non-hydrogen) atoms. The second-order valence-electron chi connectivity index (χ2n) is 4.80. The summed E-state index contributed by atoms with van der Waals surface area (Å²) in [4.78, 5) is 13.7. The van der Waals surface area contributed by atoms with Gasteiger partial charge in [-0.2, -0.15) is 0 Å². The normalized spacial score (nSPS) is 14.2. The standard InChI is InChI=1S/C13H16N2O3S/c1-9(2)7-13(16)15-6-5-10-8-11(19(14,17)18)3-4-12(10)15/h3-4,7-8H,5-6H2,1-2H3,(H2,14,17,18). The number of carbonyl (C=O) groups is 1. The van der Waals surface area contributed by atoms with Crippen LogP contribution in [0.15, 0.2) is 34.7 Å². The fraction of sp³-hybridized carbons (Fsp3) is 0.308. The Morgan fingerprint density at radius 1 is 1.37 bits per heavy atom. The molecule has 1 aromatic rings. The summed E-state index contributed by atoms with van der Waals surface area (Å²) >= 11 is 0. The first-order valence-corrected chi connectivity index (χ1v) is 7.46. The van der Waals surface area contributed by atoms with E-state index in [1.54, 1.807) is 23.1 Å². The summed E-state index contributed by atoms with van der Waals surface area (Å²) in [6.07, 6.45) is 2.21. The van der Waals surface area contributed by atoms with Crippen LogP contribution in [0.5, 0.6) is 0 Å². The lowest BCUT2D eigenvalue weighted by Crippen LogP contribution is -2.27. The molecule has 1 aliphatic rings. The number of anilines is 1. The molecule has 0 saturated heterocycles. The van der Waals surface area contributed by atoms with Gasteiger partial charge >= 0.3 is 0 Å². The van der Waals surface area contributed by atoms with E-state index in [1.165, 1.54) is 6.07 Å². The van der Waals surface area contributed by atoms with Crippen molar-refractivity contribution in [3.63, 3.8) is 0 Å². The molecule has 1 aromatic carbocycles. The molecule has 0 saturated carbocycles. The molecule has 0 aliphatic carbocycles. The summed E-state index contributed by atoms with van der Waals surface area (Å²) in [5.74, 6) is -0.0814. The number of amides is 1. The van der Waals surface area contributed by atoms with Crippen LogP contribution in [0.3, 0.4) is 0 Å². The van der Waals surface area contributed by atoms with Crippen LogP contribution >= 0.6 is 0 Å². The van der Waals surface area contributed by atoms with Crippen molar-refractivity contribution in [2.45, 2.75) is 25.2 Å². The molecule has 0 bridgehead atoms. The highest BCUT2D eigenvalue weighted by atomic mass is 32.2. The largest absolute Gasteiger partial charge is 0.308 e. The number of allylic oxidation sites excluding steroid dienone is 1. The summed E-state index contributed by atoms with van der Waals surface area (Å²) in [7, 11) is -3.70. The molecule has 5 nitrogen and oxygen atoms in total. The molecule has 0 atom stereocenters. The van der Waals surface area contributed by atoms with Crippen LogP contribution in [0.2, 0.25) is 0 Å². The Morgan fingerprint density at radius 3 is 2.63 bits per heavy atom. The van der Waals surface area contributed by atoms with Gasteiger partial charge in [0.25, 0.3) is 5.91 Å². The van der Waals surface area contributed by atoms with E-state index in [2.05, 4.69) is 0 Å². The summed E-state index contributed by atoms with van der Waals surface area (Å²) in [6, 6.07) is 4.61. The summed E-state index contributed by atoms with van der Waals surface area (Å²) in [6.45, 7) is 4.28. The van der Waals surface area contributed by atoms with Crippen molar-refractivity contribution < 1.29 is 13.2 Å². The number of nitrogens with zero attached hydrogens (tertiary/aromatic N) is 1. The number of rotatable bonds is 2. The zero-order valence-corrected chi connectivity index (χ0v) is 11.7. The van der Waals surface area contributed by atoms with Gasteiger partial charge in [0.15, 0.2) is 0 Å². The predicted octanol–water partition coefficient (Wildman–Crippen LogP) is 1.19. The molecule has 2 rings (SSSR count). The average molecular weight is 280 g/mol. The molecule has 0 unspecified atom stereocenters. The SMILES string of the molecule is CC(C)=CC(=O)N1CCc2cc(S(N)(=O)=O)ccc21. The first kappa shape index (κ1) is 13.8. The smallest absolute Gasteiger partial charge is 0.250 e. The molecule has 1 amide bonds. The van der Waals surface area contributed by atoms with E-state index in [-0.39, 0.29) is 10.8 Å². The molecular formula is C13H16N2O3S. The second-order valence-corrected chi connectivity index (χ2v) is 6.36. The fourth-order valence-electron chi connectivity index (χ4n) is 2.11. The van der Waals surface area contributed by atoms with Crippen molar-refractivity contribution in [2.24, 2.45) is 5.14 Å². The molecule has 102 valence electrons. The summed E-state index contributed by atoms with van der Waals surface area (Å²) in [5.41, 5.74) is 2.52. The Balaban J connectivity index is 2.38. The third-order valence-corrected chi connectivity index (χ3v) is 3.86. The molecule has 0 radical (unpaired) electrons. The van der Waals surface area contributed by atoms with Gasteiger partial charge in [0.1, 0.15) is 0 Å². The van der Waals surface area contributed by atoms with E-state index >= 15 is 0 Å². The number of nitrogens with two attached hydrogens (primary N) is 1. The third-order valence-electron chi connectivity index (χ3n) is 2.95. The third kappa shape index (κ3) is 2.85. The monoisotopic (exact) mass is 280 g/mol. The Labute approximate surface area is 112 Å². The van der Waals surface area contributed by atoms with Crippen LogP contribution in [-0.2, 0) is 21.2 Å². The second kappa shape index (κ2) is 4.79. The number of fused-ring (bicyclic) bond motifs is 1. The highest BCUT2D eigenvalue weighted by Gasteiger charge is 2.24. The van der Waals surface area contributed by atoms with Gasteiger partial charge in [0.05, 0.1) is 4.90 Å². The van der Waals surface area contributed by atoms with Crippen molar-refractivity contribution in [1.29, 1.82) is 0 Å². The molecule has 0 fully saturated rings. The van der Waals surface area contributed by atoms with Gasteiger partial charge in [-0.1, -0.05) is 5.57 Å². The van der Waals surface area contributed by atoms with Gasteiger partial charge in [0, 0.05) is 18.3 Å². The Morgan fingerprint density at radius 2 is 2.05 bits per heavy atom. The Hall–Kier alpha value is -1.66. The van der Waals surface area contributed by atoms with Crippen LogP contribution < -0.4 is 10.0 Å². The van der Waals surface area contributed by atoms with E-state index in [1.807, 2.05) is 13.8 Å². The van der Waals surface area contributed by atoms with Crippen molar-refractivity contribution in [2.75, 3.05) is 11.4 Å². The van der Waals surface area contributed by atoms with E-state index in [0.717, 1.165) is 16.8 Å². The number of hydrogen-bond donors (Lipinski definition) is 1. The average Bonchev–Trinajstić information content (AvgIpc) is 2.69. The maximum absolute atomic E-state index is 12.0. The zero-order chi connectivity index (χ0) is 14.2. The summed E-state index contributed by atoms with van der Waals surface area (Å²) < 4.78 is 22.6. The number of hydrogen-bond acceptors (Lipinski definition) is 3. The van der Waals surface area contributed by atoms with E-state index < -0.39 is 10.0 Å². The Bertz CT molecular complexity index is 658. The Kier molecular flexibility index (Phi) is 3.47. The number of sulfonamides is 1. The minimum absolute atomic E-state index is 0.0814. The number of benzene rings is 1. The lowest BCUT2D eigenvalue weighted by molar-refractivity contribution is -0.114. The maximum Gasteiger partial charge on any atom is 0.250 e. The van der Waals surface area contributed by atoms with Crippen molar-refractivity contribution >= 4 is 21.6 Å². The molecule has 0 aromatic heterocycles. The fourth-order valence-corrected chi connectivity index (χ4v) is 2.67. The minimum Gasteiger partial charge on any atom is -0.308 e. The van der Waals surface area contributed by atoms with Crippen LogP contribution in [0, 0.1) is 0 Å². The highest BCUT2D eigenvalue weighted by Crippen LogP contribution is 2.30. The van der Waals surface area contributed by atoms with Crippen LogP contribution in [0.25, 0.3) is 0 Å². The van der Waals surface area contributed by atoms with Crippen LogP contribution in [0.4, 0.5) is 5.69 Å². The maximum atomic E-state index is 12.0. The van der Waals surface area contributed by atoms with Gasteiger partial charge < -0.3 is 4.90 Å². The first-order valence-electron chi connectivity index (χ1n) is 5.91. The van der Waals surface area contributed by atoms with Gasteiger partial charge in [-0.05, 0) is 44.0 Å². The van der Waals surface area contributed by atoms with E-state index in [0.29, 0.717) is 13.0 Å². The van der Waals surface area contributed by atoms with E-state index in [4.69, 9.17) is 5.14 Å². The van der Waals surface area contributed by atoms with Crippen molar-refractivity contribution in [1.82, 2.24) is 0 Å². The molecule has 6 heteroatoms. The predicted molar refractivity (Wildman–Crippen MR) is 73.3 cm³/mol. The topological polar surface area (TPSA) is 80.5 Å². The molecule has 1 aliphatic heterocycles. The van der Waals surface area contributed by atoms with Crippen LogP contribution in [-0.4, -0.2) is 20.9 Å². The molecule has 2 N–H and O–H groups in total. The minimum atomic E-state index is -3.70. The van der Waals surface area contributed by atoms with Crippen LogP contribution in [0.1, 0.15) is 19.4 Å². The molecule has 0 spiro atoms. The van der Waals surface area contributed by atoms with Gasteiger partial charge in [0.2, 0.25) is 10.0 Å². The quantitative estimate of drug-likeness (QED) is 0.826. The van der Waals surface area contributed by atoms with Gasteiger partial charge in [-0.15, -0.1) is 0 Å².